The summed E-state index contributed by atoms with van der Waals surface area (Å²) in [6.45, 7) is 10.7. The molecular weight excluding hydrogens is 454 g/mol. The minimum atomic E-state index is -0.530. The number of pyridine rings is 1. The molecule has 1 amide bonds. The second-order valence-corrected chi connectivity index (χ2v) is 9.44. The summed E-state index contributed by atoms with van der Waals surface area (Å²) >= 11 is 0. The Bertz CT molecular complexity index is 1300. The van der Waals surface area contributed by atoms with Crippen molar-refractivity contribution in [1.29, 1.82) is 0 Å². The molecule has 8 nitrogen and oxygen atoms in total. The van der Waals surface area contributed by atoms with Gasteiger partial charge in [-0.15, -0.1) is 13.2 Å². The van der Waals surface area contributed by atoms with Gasteiger partial charge in [-0.3, -0.25) is 14.3 Å². The van der Waals surface area contributed by atoms with Gasteiger partial charge in [-0.2, -0.15) is 5.10 Å². The van der Waals surface area contributed by atoms with E-state index in [4.69, 9.17) is 9.72 Å². The van der Waals surface area contributed by atoms with Crippen LogP contribution in [0.15, 0.2) is 60.8 Å². The van der Waals surface area contributed by atoms with Gasteiger partial charge in [0, 0.05) is 24.3 Å². The molecule has 3 aromatic rings. The van der Waals surface area contributed by atoms with Crippen LogP contribution in [0.5, 0.6) is 5.75 Å². The number of hydrogen-bond acceptors (Lipinski definition) is 5. The van der Waals surface area contributed by atoms with E-state index in [0.717, 1.165) is 61.5 Å². The predicted molar refractivity (Wildman–Crippen MR) is 142 cm³/mol. The maximum Gasteiger partial charge on any atom is 0.276 e. The number of aromatic nitrogens is 4. The molecular formula is C28H35N5O3. The number of nitrogens with one attached hydrogen (secondary N) is 1. The van der Waals surface area contributed by atoms with Crippen LogP contribution in [0.2, 0.25) is 0 Å². The number of carbonyl (C=O) groups is 1. The van der Waals surface area contributed by atoms with Crippen LogP contribution in [0.3, 0.4) is 0 Å². The summed E-state index contributed by atoms with van der Waals surface area (Å²) in [6, 6.07) is 4.25. The highest BCUT2D eigenvalue weighted by atomic mass is 16.5. The second kappa shape index (κ2) is 11.4. The van der Waals surface area contributed by atoms with Crippen molar-refractivity contribution in [2.45, 2.75) is 64.0 Å². The number of carbonyl (C=O) groups excluding carboxylic acids is 1. The fourth-order valence-electron chi connectivity index (χ4n) is 4.96. The molecule has 0 aliphatic heterocycles. The fraction of sp³-hybridized carbons (Fsp3) is 0.429. The van der Waals surface area contributed by atoms with Crippen molar-refractivity contribution in [2.24, 2.45) is 0 Å². The molecule has 0 saturated heterocycles. The number of ether oxygens (including phenoxy) is 1. The molecule has 3 aromatic heterocycles. The van der Waals surface area contributed by atoms with E-state index >= 15 is 0 Å². The first-order valence-electron chi connectivity index (χ1n) is 12.7. The summed E-state index contributed by atoms with van der Waals surface area (Å²) < 4.78 is 9.76. The van der Waals surface area contributed by atoms with E-state index in [9.17, 15) is 9.59 Å². The van der Waals surface area contributed by atoms with Crippen LogP contribution in [0.4, 0.5) is 0 Å². The number of amides is 1. The Morgan fingerprint density at radius 2 is 2.08 bits per heavy atom. The zero-order chi connectivity index (χ0) is 25.5. The lowest BCUT2D eigenvalue weighted by Crippen LogP contribution is -2.38. The lowest BCUT2D eigenvalue weighted by atomic mass is 9.97. The minimum Gasteiger partial charge on any atom is -0.488 e. The lowest BCUT2D eigenvalue weighted by molar-refractivity contribution is 0.0947. The lowest BCUT2D eigenvalue weighted by Gasteiger charge is -2.32. The normalized spacial score (nSPS) is 14.6. The second-order valence-electron chi connectivity index (χ2n) is 9.44. The highest BCUT2D eigenvalue weighted by molar-refractivity contribution is 5.92. The zero-order valence-corrected chi connectivity index (χ0v) is 21.0. The maximum atomic E-state index is 13.0. The van der Waals surface area contributed by atoms with Gasteiger partial charge < -0.3 is 14.6 Å². The van der Waals surface area contributed by atoms with Crippen molar-refractivity contribution in [2.75, 3.05) is 13.2 Å². The number of hydrogen-bond donors (Lipinski definition) is 1. The molecule has 4 rings (SSSR count). The van der Waals surface area contributed by atoms with Crippen molar-refractivity contribution in [1.82, 2.24) is 24.6 Å². The molecule has 1 saturated carbocycles. The van der Waals surface area contributed by atoms with E-state index in [2.05, 4.69) is 53.4 Å². The van der Waals surface area contributed by atoms with Gasteiger partial charge >= 0.3 is 0 Å². The molecule has 36 heavy (non-hydrogen) atoms. The molecule has 0 unspecified atom stereocenters. The molecule has 0 spiro atoms. The van der Waals surface area contributed by atoms with E-state index < -0.39 is 11.3 Å². The predicted octanol–water partition coefficient (Wildman–Crippen LogP) is 4.39. The summed E-state index contributed by atoms with van der Waals surface area (Å²) in [5.74, 6) is -0.377. The Morgan fingerprint density at radius 1 is 1.28 bits per heavy atom. The Kier molecular flexibility index (Phi) is 8.03. The Balaban J connectivity index is 1.74. The van der Waals surface area contributed by atoms with E-state index in [1.54, 1.807) is 17.0 Å². The molecule has 0 radical (unpaired) electrons. The van der Waals surface area contributed by atoms with Crippen LogP contribution in [-0.4, -0.2) is 38.4 Å². The van der Waals surface area contributed by atoms with Crippen molar-refractivity contribution in [3.63, 3.8) is 0 Å². The summed E-state index contributed by atoms with van der Waals surface area (Å²) in [4.78, 5) is 30.6. The molecule has 3 heterocycles. The number of allylic oxidation sites excluding steroid dienone is 1. The van der Waals surface area contributed by atoms with Gasteiger partial charge in [-0.1, -0.05) is 38.3 Å². The zero-order valence-electron chi connectivity index (χ0n) is 21.0. The smallest absolute Gasteiger partial charge is 0.276 e. The molecule has 8 heteroatoms. The fourth-order valence-corrected chi connectivity index (χ4v) is 4.96. The monoisotopic (exact) mass is 489 g/mol. The van der Waals surface area contributed by atoms with Gasteiger partial charge in [-0.25, -0.2) is 4.98 Å². The van der Waals surface area contributed by atoms with E-state index in [1.807, 2.05) is 12.3 Å². The largest absolute Gasteiger partial charge is 0.488 e. The third-order valence-electron chi connectivity index (χ3n) is 6.78. The van der Waals surface area contributed by atoms with Crippen LogP contribution >= 0.6 is 0 Å². The summed E-state index contributed by atoms with van der Waals surface area (Å²) in [5, 5.41) is 8.24. The third-order valence-corrected chi connectivity index (χ3v) is 6.78. The third kappa shape index (κ3) is 5.27. The maximum absolute atomic E-state index is 13.0. The number of rotatable bonds is 12. The van der Waals surface area contributed by atoms with Gasteiger partial charge in [0.2, 0.25) is 0 Å². The van der Waals surface area contributed by atoms with Crippen LogP contribution in [-0.2, 0) is 18.5 Å². The molecule has 0 atom stereocenters. The van der Waals surface area contributed by atoms with Crippen molar-refractivity contribution in [3.05, 3.63) is 77.5 Å². The minimum absolute atomic E-state index is 0.153. The number of fused-ring (bicyclic) bond motifs is 1. The highest BCUT2D eigenvalue weighted by Gasteiger charge is 2.37. The molecule has 1 aliphatic carbocycles. The van der Waals surface area contributed by atoms with Gasteiger partial charge in [0.15, 0.2) is 11.4 Å². The van der Waals surface area contributed by atoms with Gasteiger partial charge in [-0.05, 0) is 43.4 Å². The quantitative estimate of drug-likeness (QED) is 0.301. The molecule has 0 aromatic carbocycles. The Hall–Kier alpha value is -3.68. The molecule has 0 bridgehead atoms. The first-order valence-corrected chi connectivity index (χ1v) is 12.7. The van der Waals surface area contributed by atoms with Crippen molar-refractivity contribution < 1.29 is 9.53 Å². The molecule has 1 aliphatic rings. The first kappa shape index (κ1) is 25.4. The van der Waals surface area contributed by atoms with Gasteiger partial charge in [0.25, 0.3) is 11.3 Å². The highest BCUT2D eigenvalue weighted by Crippen LogP contribution is 2.40. The van der Waals surface area contributed by atoms with Crippen LogP contribution < -0.4 is 15.5 Å². The van der Waals surface area contributed by atoms with E-state index in [0.29, 0.717) is 13.2 Å². The van der Waals surface area contributed by atoms with Crippen molar-refractivity contribution in [3.8, 4) is 5.75 Å². The standard InChI is InChI=1S/C28H35N5O3/c1-4-7-16-36-23-19-32(31-24(25(23)34)27(35)29-14-6-3)20-28(12-8-9-13-28)33-15-11-22-17-21(10-5-2)18-30-26(22)33/h5-6,11,15,17-19H,2-4,7-10,12-14,16,20H2,1H3,(H,29,35). The average Bonchev–Trinajstić information content (AvgIpc) is 3.52. The molecule has 1 N–H and O–H groups in total. The van der Waals surface area contributed by atoms with Crippen LogP contribution in [0.25, 0.3) is 11.0 Å². The molecule has 190 valence electrons. The Labute approximate surface area is 211 Å². The summed E-state index contributed by atoms with van der Waals surface area (Å²) in [7, 11) is 0. The van der Waals surface area contributed by atoms with E-state index in [1.165, 1.54) is 0 Å². The van der Waals surface area contributed by atoms with Gasteiger partial charge in [0.05, 0.1) is 24.9 Å². The van der Waals surface area contributed by atoms with Gasteiger partial charge in [0.1, 0.15) is 5.65 Å². The summed E-state index contributed by atoms with van der Waals surface area (Å²) in [5.41, 5.74) is 1.12. The van der Waals surface area contributed by atoms with Crippen LogP contribution in [0.1, 0.15) is 61.5 Å². The topological polar surface area (TPSA) is 91.0 Å². The number of unbranched alkanes of at least 4 members (excludes halogenated alkanes) is 1. The Morgan fingerprint density at radius 3 is 2.81 bits per heavy atom. The van der Waals surface area contributed by atoms with Crippen molar-refractivity contribution >= 4 is 16.9 Å². The number of nitrogens with zero attached hydrogens (tertiary/aromatic N) is 4. The average molecular weight is 490 g/mol. The van der Waals surface area contributed by atoms with Crippen LogP contribution in [0, 0.1) is 0 Å². The SMILES string of the molecule is C=CCNC(=O)c1nn(CC2(n3ccc4cc(CC=C)cnc43)CCCC2)cc(OCCCC)c1=O. The molecule has 1 fully saturated rings. The summed E-state index contributed by atoms with van der Waals surface area (Å²) in [6.07, 6.45) is 15.7. The van der Waals surface area contributed by atoms with E-state index in [-0.39, 0.29) is 23.5 Å². The first-order chi connectivity index (χ1) is 17.5.